The van der Waals surface area contributed by atoms with Gasteiger partial charge in [0.05, 0.1) is 12.4 Å². The van der Waals surface area contributed by atoms with Crippen LogP contribution in [0.4, 0.5) is 0 Å². The number of carbonyl (C=O) groups excluding carboxylic acids is 1. The summed E-state index contributed by atoms with van der Waals surface area (Å²) in [6.07, 6.45) is 7.72. The van der Waals surface area contributed by atoms with Gasteiger partial charge in [-0.25, -0.2) is 0 Å². The predicted molar refractivity (Wildman–Crippen MR) is 82.3 cm³/mol. The highest BCUT2D eigenvalue weighted by molar-refractivity contribution is 7.99. The Balaban J connectivity index is 1.81. The summed E-state index contributed by atoms with van der Waals surface area (Å²) in [5.41, 5.74) is 0. The maximum atomic E-state index is 12.3. The highest BCUT2D eigenvalue weighted by Gasteiger charge is 2.22. The number of hydrogen-bond acceptors (Lipinski definition) is 5. The van der Waals surface area contributed by atoms with Gasteiger partial charge in [-0.1, -0.05) is 31.0 Å². The molecule has 1 aliphatic rings. The number of rotatable bonds is 7. The molecule has 1 fully saturated rings. The number of ether oxygens (including phenoxy) is 1. The van der Waals surface area contributed by atoms with Crippen molar-refractivity contribution >= 4 is 17.7 Å². The minimum atomic E-state index is 0.174. The SMILES string of the molecule is COCCn1cnnc1SCC(=O)N(C)C1CCCCC1. The average Bonchev–Trinajstić information content (AvgIpc) is 2.98. The third-order valence-electron chi connectivity index (χ3n) is 3.96. The molecule has 0 aromatic carbocycles. The van der Waals surface area contributed by atoms with E-state index in [1.807, 2.05) is 16.5 Å². The Hall–Kier alpha value is -1.08. The number of carbonyl (C=O) groups is 1. The number of thioether (sulfide) groups is 1. The summed E-state index contributed by atoms with van der Waals surface area (Å²) in [7, 11) is 3.59. The molecule has 1 amide bonds. The van der Waals surface area contributed by atoms with Crippen molar-refractivity contribution in [3.05, 3.63) is 6.33 Å². The molecule has 1 heterocycles. The molecule has 1 saturated carbocycles. The Morgan fingerprint density at radius 3 is 2.95 bits per heavy atom. The number of hydrogen-bond donors (Lipinski definition) is 0. The largest absolute Gasteiger partial charge is 0.383 e. The van der Waals surface area contributed by atoms with E-state index < -0.39 is 0 Å². The molecule has 1 aromatic rings. The molecule has 0 radical (unpaired) electrons. The Labute approximate surface area is 130 Å². The van der Waals surface area contributed by atoms with E-state index in [1.165, 1.54) is 31.0 Å². The number of nitrogens with zero attached hydrogens (tertiary/aromatic N) is 4. The molecule has 0 saturated heterocycles. The van der Waals surface area contributed by atoms with E-state index in [4.69, 9.17) is 4.74 Å². The highest BCUT2D eigenvalue weighted by atomic mass is 32.2. The van der Waals surface area contributed by atoms with Crippen molar-refractivity contribution in [1.29, 1.82) is 0 Å². The van der Waals surface area contributed by atoms with Gasteiger partial charge in [0, 0.05) is 26.7 Å². The van der Waals surface area contributed by atoms with Gasteiger partial charge in [0.2, 0.25) is 5.91 Å². The van der Waals surface area contributed by atoms with Gasteiger partial charge in [-0.3, -0.25) is 4.79 Å². The normalized spacial score (nSPS) is 16.1. The first-order valence-electron chi connectivity index (χ1n) is 7.47. The summed E-state index contributed by atoms with van der Waals surface area (Å²) in [5, 5.41) is 8.74. The van der Waals surface area contributed by atoms with E-state index >= 15 is 0 Å². The van der Waals surface area contributed by atoms with Crippen molar-refractivity contribution in [2.75, 3.05) is 26.5 Å². The highest BCUT2D eigenvalue weighted by Crippen LogP contribution is 2.23. The van der Waals surface area contributed by atoms with Crippen molar-refractivity contribution in [1.82, 2.24) is 19.7 Å². The zero-order valence-corrected chi connectivity index (χ0v) is 13.6. The minimum absolute atomic E-state index is 0.174. The fraction of sp³-hybridized carbons (Fsp3) is 0.786. The van der Waals surface area contributed by atoms with Gasteiger partial charge < -0.3 is 14.2 Å². The maximum Gasteiger partial charge on any atom is 0.233 e. The van der Waals surface area contributed by atoms with Crippen LogP contribution in [0.3, 0.4) is 0 Å². The van der Waals surface area contributed by atoms with Gasteiger partial charge in [0.1, 0.15) is 6.33 Å². The lowest BCUT2D eigenvalue weighted by molar-refractivity contribution is -0.129. The predicted octanol–water partition coefficient (Wildman–Crippen LogP) is 1.81. The molecule has 1 aromatic heterocycles. The molecule has 118 valence electrons. The van der Waals surface area contributed by atoms with Gasteiger partial charge in [0.15, 0.2) is 5.16 Å². The summed E-state index contributed by atoms with van der Waals surface area (Å²) in [6.45, 7) is 1.32. The van der Waals surface area contributed by atoms with E-state index in [0.29, 0.717) is 24.9 Å². The third kappa shape index (κ3) is 4.71. The zero-order chi connectivity index (χ0) is 15.1. The molecule has 0 spiro atoms. The molecule has 0 bridgehead atoms. The number of amides is 1. The van der Waals surface area contributed by atoms with Crippen LogP contribution < -0.4 is 0 Å². The summed E-state index contributed by atoms with van der Waals surface area (Å²) >= 11 is 1.45. The van der Waals surface area contributed by atoms with Gasteiger partial charge in [-0.2, -0.15) is 0 Å². The molecule has 0 aliphatic heterocycles. The molecule has 2 rings (SSSR count). The summed E-state index contributed by atoms with van der Waals surface area (Å²) in [5.74, 6) is 0.590. The monoisotopic (exact) mass is 312 g/mol. The van der Waals surface area contributed by atoms with Gasteiger partial charge in [-0.15, -0.1) is 10.2 Å². The molecule has 6 nitrogen and oxygen atoms in total. The molecule has 7 heteroatoms. The lowest BCUT2D eigenvalue weighted by Crippen LogP contribution is -2.39. The third-order valence-corrected chi connectivity index (χ3v) is 4.92. The topological polar surface area (TPSA) is 60.2 Å². The van der Waals surface area contributed by atoms with Crippen LogP contribution in [0.2, 0.25) is 0 Å². The van der Waals surface area contributed by atoms with Crippen molar-refractivity contribution in [3.8, 4) is 0 Å². The maximum absolute atomic E-state index is 12.3. The molecule has 0 N–H and O–H groups in total. The van der Waals surface area contributed by atoms with E-state index in [-0.39, 0.29) is 5.91 Å². The Kier molecular flexibility index (Phi) is 6.50. The van der Waals surface area contributed by atoms with Crippen LogP contribution in [-0.4, -0.2) is 58.1 Å². The first-order chi connectivity index (χ1) is 10.2. The zero-order valence-electron chi connectivity index (χ0n) is 12.8. The summed E-state index contributed by atoms with van der Waals surface area (Å²) in [4.78, 5) is 14.2. The van der Waals surface area contributed by atoms with Crippen LogP contribution in [0, 0.1) is 0 Å². The van der Waals surface area contributed by atoms with Crippen LogP contribution in [0.15, 0.2) is 11.5 Å². The van der Waals surface area contributed by atoms with Crippen LogP contribution in [-0.2, 0) is 16.1 Å². The standard InChI is InChI=1S/C14H24N4O2S/c1-17(12-6-4-3-5-7-12)13(19)10-21-14-16-15-11-18(14)8-9-20-2/h11-12H,3-10H2,1-2H3. The first kappa shape index (κ1) is 16.3. The number of methoxy groups -OCH3 is 1. The molecule has 21 heavy (non-hydrogen) atoms. The quantitative estimate of drug-likeness (QED) is 0.719. The van der Waals surface area contributed by atoms with E-state index in [1.54, 1.807) is 13.4 Å². The van der Waals surface area contributed by atoms with Crippen molar-refractivity contribution in [3.63, 3.8) is 0 Å². The lowest BCUT2D eigenvalue weighted by atomic mass is 9.94. The van der Waals surface area contributed by atoms with Crippen molar-refractivity contribution in [2.24, 2.45) is 0 Å². The van der Waals surface area contributed by atoms with Gasteiger partial charge in [0.25, 0.3) is 0 Å². The van der Waals surface area contributed by atoms with Crippen LogP contribution in [0.5, 0.6) is 0 Å². The van der Waals surface area contributed by atoms with Crippen LogP contribution >= 0.6 is 11.8 Å². The van der Waals surface area contributed by atoms with E-state index in [9.17, 15) is 4.79 Å². The van der Waals surface area contributed by atoms with Gasteiger partial charge >= 0.3 is 0 Å². The average molecular weight is 312 g/mol. The second-order valence-corrected chi connectivity index (χ2v) is 6.33. The Morgan fingerprint density at radius 2 is 2.24 bits per heavy atom. The van der Waals surface area contributed by atoms with Gasteiger partial charge in [-0.05, 0) is 12.8 Å². The Bertz CT molecular complexity index is 446. The van der Waals surface area contributed by atoms with E-state index in [0.717, 1.165) is 18.0 Å². The van der Waals surface area contributed by atoms with Crippen molar-refractivity contribution in [2.45, 2.75) is 49.8 Å². The lowest BCUT2D eigenvalue weighted by Gasteiger charge is -2.31. The second kappa shape index (κ2) is 8.38. The summed E-state index contributed by atoms with van der Waals surface area (Å²) in [6, 6.07) is 0.415. The molecule has 0 atom stereocenters. The first-order valence-corrected chi connectivity index (χ1v) is 8.46. The van der Waals surface area contributed by atoms with Crippen LogP contribution in [0.25, 0.3) is 0 Å². The molecular formula is C14H24N4O2S. The molecule has 1 aliphatic carbocycles. The van der Waals surface area contributed by atoms with Crippen LogP contribution in [0.1, 0.15) is 32.1 Å². The smallest absolute Gasteiger partial charge is 0.233 e. The second-order valence-electron chi connectivity index (χ2n) is 5.38. The fourth-order valence-corrected chi connectivity index (χ4v) is 3.46. The van der Waals surface area contributed by atoms with E-state index in [2.05, 4.69) is 10.2 Å². The molecule has 0 unspecified atom stereocenters. The summed E-state index contributed by atoms with van der Waals surface area (Å²) < 4.78 is 6.97. The minimum Gasteiger partial charge on any atom is -0.383 e. The fourth-order valence-electron chi connectivity index (χ4n) is 2.60. The Morgan fingerprint density at radius 1 is 1.48 bits per heavy atom. The van der Waals surface area contributed by atoms with Crippen molar-refractivity contribution < 1.29 is 9.53 Å². The molecular weight excluding hydrogens is 288 g/mol. The number of aromatic nitrogens is 3.